The van der Waals surface area contributed by atoms with Crippen LogP contribution in [0.15, 0.2) is 0 Å². The molecule has 1 atom stereocenters. The lowest BCUT2D eigenvalue weighted by Crippen LogP contribution is -2.44. The van der Waals surface area contributed by atoms with Crippen LogP contribution in [0.5, 0.6) is 0 Å². The van der Waals surface area contributed by atoms with Gasteiger partial charge in [0.1, 0.15) is 0 Å². The number of unbranched alkanes of at least 4 members (excludes halogenated alkanes) is 2. The van der Waals surface area contributed by atoms with E-state index in [2.05, 4.69) is 37.7 Å². The molecule has 0 bridgehead atoms. The Bertz CT molecular complexity index is 160. The van der Waals surface area contributed by atoms with E-state index in [4.69, 9.17) is 5.73 Å². The van der Waals surface area contributed by atoms with Gasteiger partial charge >= 0.3 is 0 Å². The van der Waals surface area contributed by atoms with Crippen LogP contribution in [0.4, 0.5) is 0 Å². The van der Waals surface area contributed by atoms with Gasteiger partial charge in [0.15, 0.2) is 0 Å². The molecular weight excluding hydrogens is 210 g/mol. The predicted octanol–water partition coefficient (Wildman–Crippen LogP) is 2.17. The minimum atomic E-state index is 0.585. The van der Waals surface area contributed by atoms with E-state index in [1.165, 1.54) is 38.6 Å². The Kier molecular flexibility index (Phi) is 10.9. The molecule has 1 unspecified atom stereocenters. The largest absolute Gasteiger partial charge is 0.329 e. The van der Waals surface area contributed by atoms with Crippen molar-refractivity contribution >= 4 is 0 Å². The highest BCUT2D eigenvalue weighted by molar-refractivity contribution is 4.73. The normalized spacial score (nSPS) is 13.6. The predicted molar refractivity (Wildman–Crippen MR) is 77.4 cm³/mol. The van der Waals surface area contributed by atoms with Gasteiger partial charge in [0.2, 0.25) is 0 Å². The molecule has 0 saturated heterocycles. The lowest BCUT2D eigenvalue weighted by molar-refractivity contribution is 0.171. The zero-order chi connectivity index (χ0) is 13.1. The molecule has 0 aromatic rings. The summed E-state index contributed by atoms with van der Waals surface area (Å²) in [6.07, 6.45) is 6.43. The Morgan fingerprint density at radius 2 is 1.65 bits per heavy atom. The van der Waals surface area contributed by atoms with Gasteiger partial charge in [-0.2, -0.15) is 0 Å². The Hall–Kier alpha value is -0.120. The first kappa shape index (κ1) is 16.9. The second-order valence-corrected chi connectivity index (χ2v) is 5.22. The maximum absolute atomic E-state index is 5.94. The van der Waals surface area contributed by atoms with Crippen LogP contribution in [-0.2, 0) is 0 Å². The Morgan fingerprint density at radius 3 is 2.12 bits per heavy atom. The van der Waals surface area contributed by atoms with Crippen LogP contribution in [0.2, 0.25) is 0 Å². The molecule has 0 aromatic heterocycles. The van der Waals surface area contributed by atoms with Crippen molar-refractivity contribution < 1.29 is 0 Å². The zero-order valence-corrected chi connectivity index (χ0v) is 12.4. The van der Waals surface area contributed by atoms with Crippen molar-refractivity contribution in [3.8, 4) is 0 Å². The third kappa shape index (κ3) is 8.58. The van der Waals surface area contributed by atoms with E-state index in [9.17, 15) is 0 Å². The zero-order valence-electron chi connectivity index (χ0n) is 12.4. The van der Waals surface area contributed by atoms with Crippen molar-refractivity contribution in [3.63, 3.8) is 0 Å². The summed E-state index contributed by atoms with van der Waals surface area (Å²) in [7, 11) is 4.28. The van der Waals surface area contributed by atoms with Crippen LogP contribution in [0.1, 0.15) is 46.0 Å². The topological polar surface area (TPSA) is 32.5 Å². The maximum atomic E-state index is 5.94. The number of hydrogen-bond donors (Lipinski definition) is 1. The van der Waals surface area contributed by atoms with Gasteiger partial charge in [-0.15, -0.1) is 0 Å². The van der Waals surface area contributed by atoms with E-state index in [0.29, 0.717) is 6.04 Å². The fraction of sp³-hybridized carbons (Fsp3) is 1.00. The molecule has 0 aromatic carbocycles. The van der Waals surface area contributed by atoms with Gasteiger partial charge in [-0.3, -0.25) is 4.90 Å². The third-order valence-corrected chi connectivity index (χ3v) is 3.27. The summed E-state index contributed by atoms with van der Waals surface area (Å²) in [4.78, 5) is 4.83. The molecule has 0 aliphatic carbocycles. The summed E-state index contributed by atoms with van der Waals surface area (Å²) in [5.74, 6) is 0. The van der Waals surface area contributed by atoms with Crippen molar-refractivity contribution in [2.24, 2.45) is 5.73 Å². The van der Waals surface area contributed by atoms with E-state index in [0.717, 1.165) is 19.6 Å². The number of likely N-dealkylation sites (N-methyl/N-ethyl adjacent to an activating group) is 1. The fourth-order valence-corrected chi connectivity index (χ4v) is 2.17. The SMILES string of the molecule is CCCCCC(CN)N(CCC)CCN(C)C. The van der Waals surface area contributed by atoms with Gasteiger partial charge in [0.25, 0.3) is 0 Å². The Morgan fingerprint density at radius 1 is 0.941 bits per heavy atom. The van der Waals surface area contributed by atoms with Gasteiger partial charge < -0.3 is 10.6 Å². The lowest BCUT2D eigenvalue weighted by Gasteiger charge is -2.31. The fourth-order valence-electron chi connectivity index (χ4n) is 2.17. The first-order valence-corrected chi connectivity index (χ1v) is 7.24. The van der Waals surface area contributed by atoms with E-state index in [-0.39, 0.29) is 0 Å². The van der Waals surface area contributed by atoms with Crippen LogP contribution < -0.4 is 5.73 Å². The molecule has 3 nitrogen and oxygen atoms in total. The van der Waals surface area contributed by atoms with Crippen molar-refractivity contribution in [2.75, 3.05) is 40.3 Å². The van der Waals surface area contributed by atoms with Crippen molar-refractivity contribution in [2.45, 2.75) is 52.0 Å². The monoisotopic (exact) mass is 243 g/mol. The average Bonchev–Trinajstić information content (AvgIpc) is 2.30. The minimum Gasteiger partial charge on any atom is -0.329 e. The van der Waals surface area contributed by atoms with Gasteiger partial charge in [-0.05, 0) is 33.5 Å². The Balaban J connectivity index is 4.09. The second-order valence-electron chi connectivity index (χ2n) is 5.22. The van der Waals surface area contributed by atoms with Crippen LogP contribution in [-0.4, -0.2) is 56.1 Å². The van der Waals surface area contributed by atoms with E-state index in [1.807, 2.05) is 0 Å². The summed E-state index contributed by atoms with van der Waals surface area (Å²) < 4.78 is 0. The minimum absolute atomic E-state index is 0.585. The molecule has 3 heteroatoms. The van der Waals surface area contributed by atoms with Gasteiger partial charge in [-0.1, -0.05) is 33.1 Å². The highest BCUT2D eigenvalue weighted by Gasteiger charge is 2.15. The molecule has 0 fully saturated rings. The molecule has 0 spiro atoms. The molecule has 0 heterocycles. The van der Waals surface area contributed by atoms with Crippen molar-refractivity contribution in [1.82, 2.24) is 9.80 Å². The number of hydrogen-bond acceptors (Lipinski definition) is 3. The van der Waals surface area contributed by atoms with E-state index in [1.54, 1.807) is 0 Å². The molecule has 0 amide bonds. The lowest BCUT2D eigenvalue weighted by atomic mass is 10.1. The molecule has 0 radical (unpaired) electrons. The van der Waals surface area contributed by atoms with E-state index < -0.39 is 0 Å². The van der Waals surface area contributed by atoms with Gasteiger partial charge in [-0.25, -0.2) is 0 Å². The molecule has 17 heavy (non-hydrogen) atoms. The molecule has 104 valence electrons. The highest BCUT2D eigenvalue weighted by Crippen LogP contribution is 2.10. The van der Waals surface area contributed by atoms with E-state index >= 15 is 0 Å². The second kappa shape index (κ2) is 11.0. The summed E-state index contributed by atoms with van der Waals surface area (Å²) in [5.41, 5.74) is 5.94. The van der Waals surface area contributed by atoms with Gasteiger partial charge in [0, 0.05) is 25.7 Å². The molecular formula is C14H33N3. The summed E-state index contributed by atoms with van der Waals surface area (Å²) in [6, 6.07) is 0.585. The summed E-state index contributed by atoms with van der Waals surface area (Å²) in [6.45, 7) is 8.77. The standard InChI is InChI=1S/C14H33N3/c1-5-7-8-9-14(13-15)17(10-6-2)12-11-16(3)4/h14H,5-13,15H2,1-4H3. The smallest absolute Gasteiger partial charge is 0.0218 e. The van der Waals surface area contributed by atoms with Gasteiger partial charge in [0.05, 0.1) is 0 Å². The number of rotatable bonds is 11. The van der Waals surface area contributed by atoms with Crippen LogP contribution in [0.3, 0.4) is 0 Å². The third-order valence-electron chi connectivity index (χ3n) is 3.27. The quantitative estimate of drug-likeness (QED) is 0.565. The molecule has 0 aliphatic heterocycles. The van der Waals surface area contributed by atoms with Crippen LogP contribution in [0.25, 0.3) is 0 Å². The van der Waals surface area contributed by atoms with Crippen molar-refractivity contribution in [1.29, 1.82) is 0 Å². The highest BCUT2D eigenvalue weighted by atomic mass is 15.2. The average molecular weight is 243 g/mol. The molecule has 0 aliphatic rings. The molecule has 0 rings (SSSR count). The Labute approximate surface area is 108 Å². The molecule has 0 saturated carbocycles. The maximum Gasteiger partial charge on any atom is 0.0218 e. The van der Waals surface area contributed by atoms with Crippen LogP contribution >= 0.6 is 0 Å². The van der Waals surface area contributed by atoms with Crippen LogP contribution in [0, 0.1) is 0 Å². The first-order valence-electron chi connectivity index (χ1n) is 7.24. The number of nitrogens with two attached hydrogens (primary N) is 1. The summed E-state index contributed by atoms with van der Waals surface area (Å²) >= 11 is 0. The summed E-state index contributed by atoms with van der Waals surface area (Å²) in [5, 5.41) is 0. The number of nitrogens with zero attached hydrogens (tertiary/aromatic N) is 2. The first-order chi connectivity index (χ1) is 8.15. The van der Waals surface area contributed by atoms with Crippen molar-refractivity contribution in [3.05, 3.63) is 0 Å². The molecule has 2 N–H and O–H groups in total.